The fourth-order valence-corrected chi connectivity index (χ4v) is 2.07. The number of hydrogen-bond acceptors (Lipinski definition) is 2. The molecule has 0 spiro atoms. The van der Waals surface area contributed by atoms with Crippen molar-refractivity contribution in [3.63, 3.8) is 0 Å². The molecule has 70 valence electrons. The maximum Gasteiger partial charge on any atom is 0.157 e. The molecule has 0 atom stereocenters. The van der Waals surface area contributed by atoms with Crippen molar-refractivity contribution in [2.24, 2.45) is 0 Å². The molecular formula is C9H11BrN2O. The van der Waals surface area contributed by atoms with Gasteiger partial charge in [0.05, 0.1) is 10.7 Å². The first-order valence-corrected chi connectivity index (χ1v) is 5.16. The van der Waals surface area contributed by atoms with E-state index in [0.29, 0.717) is 0 Å². The van der Waals surface area contributed by atoms with Gasteiger partial charge in [-0.2, -0.15) is 5.10 Å². The molecule has 0 N–H and O–H groups in total. The van der Waals surface area contributed by atoms with Crippen LogP contribution in [0.1, 0.15) is 26.2 Å². The molecule has 0 amide bonds. The van der Waals surface area contributed by atoms with E-state index in [1.54, 1.807) is 17.8 Å². The number of aromatic nitrogens is 2. The van der Waals surface area contributed by atoms with Crippen molar-refractivity contribution in [2.45, 2.75) is 31.7 Å². The van der Waals surface area contributed by atoms with Gasteiger partial charge in [0, 0.05) is 6.20 Å². The molecule has 0 radical (unpaired) electrons. The average molecular weight is 243 g/mol. The lowest BCUT2D eigenvalue weighted by Crippen LogP contribution is -2.47. The van der Waals surface area contributed by atoms with Crippen LogP contribution in [0.15, 0.2) is 16.9 Å². The topological polar surface area (TPSA) is 34.9 Å². The summed E-state index contributed by atoms with van der Waals surface area (Å²) in [5.41, 5.74) is -0.327. The van der Waals surface area contributed by atoms with E-state index in [4.69, 9.17) is 0 Å². The summed E-state index contributed by atoms with van der Waals surface area (Å²) in [5, 5.41) is 4.18. The molecule has 0 aliphatic heterocycles. The summed E-state index contributed by atoms with van der Waals surface area (Å²) in [7, 11) is 0. The largest absolute Gasteiger partial charge is 0.297 e. The first-order chi connectivity index (χ1) is 6.15. The van der Waals surface area contributed by atoms with Gasteiger partial charge < -0.3 is 0 Å². The van der Waals surface area contributed by atoms with Crippen LogP contribution < -0.4 is 0 Å². The number of Topliss-reactive ketones (excluding diaryl/α,β-unsaturated/α-hetero) is 1. The molecule has 1 fully saturated rings. The summed E-state index contributed by atoms with van der Waals surface area (Å²) < 4.78 is 2.73. The third-order valence-electron chi connectivity index (χ3n) is 2.83. The standard InChI is InChI=1S/C9H11BrN2O/c1-7(13)9(3-2-4-9)12-6-8(10)5-11-12/h5-6H,2-4H2,1H3. The van der Waals surface area contributed by atoms with Crippen LogP contribution in [0.2, 0.25) is 0 Å². The van der Waals surface area contributed by atoms with Gasteiger partial charge in [-0.3, -0.25) is 9.48 Å². The average Bonchev–Trinajstić information content (AvgIpc) is 2.32. The predicted octanol–water partition coefficient (Wildman–Crippen LogP) is 2.11. The minimum atomic E-state index is -0.327. The lowest BCUT2D eigenvalue weighted by molar-refractivity contribution is -0.130. The Morgan fingerprint density at radius 3 is 2.69 bits per heavy atom. The Morgan fingerprint density at radius 1 is 1.69 bits per heavy atom. The van der Waals surface area contributed by atoms with Crippen molar-refractivity contribution in [2.75, 3.05) is 0 Å². The highest BCUT2D eigenvalue weighted by atomic mass is 79.9. The zero-order chi connectivity index (χ0) is 9.47. The second-order valence-electron chi connectivity index (χ2n) is 3.54. The molecule has 2 rings (SSSR count). The monoisotopic (exact) mass is 242 g/mol. The SMILES string of the molecule is CC(=O)C1(n2cc(Br)cn2)CCC1. The van der Waals surface area contributed by atoms with Crippen molar-refractivity contribution in [1.29, 1.82) is 0 Å². The van der Waals surface area contributed by atoms with Crippen molar-refractivity contribution < 1.29 is 4.79 Å². The summed E-state index contributed by atoms with van der Waals surface area (Å²) in [4.78, 5) is 11.5. The zero-order valence-corrected chi connectivity index (χ0v) is 9.04. The Balaban J connectivity index is 2.37. The van der Waals surface area contributed by atoms with Gasteiger partial charge in [0.15, 0.2) is 5.78 Å². The summed E-state index contributed by atoms with van der Waals surface area (Å²) in [6.07, 6.45) is 6.58. The molecule has 0 unspecified atom stereocenters. The predicted molar refractivity (Wildman–Crippen MR) is 52.4 cm³/mol. The molecule has 1 aliphatic carbocycles. The molecule has 1 aromatic rings. The van der Waals surface area contributed by atoms with Crippen LogP contribution in [-0.4, -0.2) is 15.6 Å². The molecule has 0 saturated heterocycles. The molecule has 13 heavy (non-hydrogen) atoms. The molecule has 1 aromatic heterocycles. The van der Waals surface area contributed by atoms with Gasteiger partial charge >= 0.3 is 0 Å². The van der Waals surface area contributed by atoms with Gasteiger partial charge in [-0.05, 0) is 42.1 Å². The third kappa shape index (κ3) is 1.24. The highest BCUT2D eigenvalue weighted by molar-refractivity contribution is 9.10. The maximum absolute atomic E-state index is 11.5. The molecule has 1 aliphatic rings. The third-order valence-corrected chi connectivity index (χ3v) is 3.24. The van der Waals surface area contributed by atoms with Gasteiger partial charge in [0.1, 0.15) is 5.54 Å². The number of carbonyl (C=O) groups is 1. The molecule has 1 heterocycles. The van der Waals surface area contributed by atoms with E-state index in [9.17, 15) is 4.79 Å². The Labute approximate surface area is 85.3 Å². The second kappa shape index (κ2) is 2.94. The molecule has 4 heteroatoms. The van der Waals surface area contributed by atoms with Crippen LogP contribution >= 0.6 is 15.9 Å². The number of nitrogens with zero attached hydrogens (tertiary/aromatic N) is 2. The molecule has 0 bridgehead atoms. The number of carbonyl (C=O) groups excluding carboxylic acids is 1. The Kier molecular flexibility index (Phi) is 2.02. The van der Waals surface area contributed by atoms with E-state index < -0.39 is 0 Å². The van der Waals surface area contributed by atoms with E-state index in [-0.39, 0.29) is 11.3 Å². The Hall–Kier alpha value is -0.640. The molecular weight excluding hydrogens is 232 g/mol. The van der Waals surface area contributed by atoms with Gasteiger partial charge in [0.2, 0.25) is 0 Å². The van der Waals surface area contributed by atoms with Crippen molar-refractivity contribution in [1.82, 2.24) is 9.78 Å². The zero-order valence-electron chi connectivity index (χ0n) is 7.46. The lowest BCUT2D eigenvalue weighted by Gasteiger charge is -2.39. The lowest BCUT2D eigenvalue weighted by atomic mass is 9.74. The van der Waals surface area contributed by atoms with Gasteiger partial charge in [-0.25, -0.2) is 0 Å². The summed E-state index contributed by atoms with van der Waals surface area (Å²) in [6, 6.07) is 0. The second-order valence-corrected chi connectivity index (χ2v) is 4.46. The van der Waals surface area contributed by atoms with E-state index in [2.05, 4.69) is 21.0 Å². The number of rotatable bonds is 2. The van der Waals surface area contributed by atoms with Crippen LogP contribution in [0.25, 0.3) is 0 Å². The summed E-state index contributed by atoms with van der Waals surface area (Å²) >= 11 is 3.33. The minimum absolute atomic E-state index is 0.217. The first-order valence-electron chi connectivity index (χ1n) is 4.37. The minimum Gasteiger partial charge on any atom is -0.297 e. The smallest absolute Gasteiger partial charge is 0.157 e. The van der Waals surface area contributed by atoms with Crippen LogP contribution in [0.3, 0.4) is 0 Å². The molecule has 0 aromatic carbocycles. The highest BCUT2D eigenvalue weighted by Gasteiger charge is 2.43. The molecule has 3 nitrogen and oxygen atoms in total. The van der Waals surface area contributed by atoms with Crippen molar-refractivity contribution in [3.05, 3.63) is 16.9 Å². The number of hydrogen-bond donors (Lipinski definition) is 0. The quantitative estimate of drug-likeness (QED) is 0.797. The number of halogens is 1. The molecule has 1 saturated carbocycles. The number of ketones is 1. The normalized spacial score (nSPS) is 19.5. The van der Waals surface area contributed by atoms with Gasteiger partial charge in [-0.15, -0.1) is 0 Å². The van der Waals surface area contributed by atoms with Crippen molar-refractivity contribution >= 4 is 21.7 Å². The van der Waals surface area contributed by atoms with E-state index in [1.165, 1.54) is 0 Å². The first kappa shape index (κ1) is 8.94. The van der Waals surface area contributed by atoms with Crippen LogP contribution in [0, 0.1) is 0 Å². The Bertz CT molecular complexity index is 341. The van der Waals surface area contributed by atoms with Crippen molar-refractivity contribution in [3.8, 4) is 0 Å². The van der Waals surface area contributed by atoms with E-state index >= 15 is 0 Å². The van der Waals surface area contributed by atoms with Crippen LogP contribution in [0.5, 0.6) is 0 Å². The summed E-state index contributed by atoms with van der Waals surface area (Å²) in [5.74, 6) is 0.217. The summed E-state index contributed by atoms with van der Waals surface area (Å²) in [6.45, 7) is 1.65. The fraction of sp³-hybridized carbons (Fsp3) is 0.556. The van der Waals surface area contributed by atoms with E-state index in [1.807, 2.05) is 6.20 Å². The van der Waals surface area contributed by atoms with Crippen LogP contribution in [-0.2, 0) is 10.3 Å². The Morgan fingerprint density at radius 2 is 2.38 bits per heavy atom. The maximum atomic E-state index is 11.5. The van der Waals surface area contributed by atoms with E-state index in [0.717, 1.165) is 23.7 Å². The fourth-order valence-electron chi connectivity index (χ4n) is 1.79. The van der Waals surface area contributed by atoms with Gasteiger partial charge in [0.25, 0.3) is 0 Å². The van der Waals surface area contributed by atoms with Gasteiger partial charge in [-0.1, -0.05) is 0 Å². The van der Waals surface area contributed by atoms with Crippen LogP contribution in [0.4, 0.5) is 0 Å². The highest BCUT2D eigenvalue weighted by Crippen LogP contribution is 2.39.